The van der Waals surface area contributed by atoms with Gasteiger partial charge in [-0.3, -0.25) is 4.90 Å². The Labute approximate surface area is 105 Å². The molecule has 0 aromatic rings. The molecule has 4 nitrogen and oxygen atoms in total. The summed E-state index contributed by atoms with van der Waals surface area (Å²) >= 11 is 0. The maximum atomic E-state index is 11.5. The van der Waals surface area contributed by atoms with Gasteiger partial charge in [-0.2, -0.15) is 0 Å². The molecule has 0 aliphatic carbocycles. The minimum absolute atomic E-state index is 0.0120. The molecule has 4 heteroatoms. The number of hydrogen-bond acceptors (Lipinski definition) is 2. The van der Waals surface area contributed by atoms with Gasteiger partial charge in [-0.05, 0) is 38.3 Å². The van der Waals surface area contributed by atoms with Gasteiger partial charge in [0.05, 0.1) is 0 Å². The molecule has 0 radical (unpaired) electrons. The van der Waals surface area contributed by atoms with E-state index in [1.807, 2.05) is 0 Å². The quantitative estimate of drug-likeness (QED) is 0.796. The lowest BCUT2D eigenvalue weighted by Gasteiger charge is -2.29. The smallest absolute Gasteiger partial charge is 0.316 e. The molecular formula is C13H27N3O. The Hall–Kier alpha value is -0.770. The number of urea groups is 1. The first-order valence-corrected chi connectivity index (χ1v) is 6.70. The molecule has 1 fully saturated rings. The molecule has 1 saturated heterocycles. The summed E-state index contributed by atoms with van der Waals surface area (Å²) in [5, 5.41) is 3.01. The van der Waals surface area contributed by atoms with E-state index in [4.69, 9.17) is 0 Å². The number of carbonyl (C=O) groups is 1. The Morgan fingerprint density at radius 2 is 1.88 bits per heavy atom. The molecule has 1 rings (SSSR count). The molecule has 0 aromatic carbocycles. The summed E-state index contributed by atoms with van der Waals surface area (Å²) in [6.07, 6.45) is 3.76. The second-order valence-corrected chi connectivity index (χ2v) is 5.61. The van der Waals surface area contributed by atoms with Crippen LogP contribution in [0.4, 0.5) is 4.79 Å². The third-order valence-electron chi connectivity index (χ3n) is 3.30. The van der Waals surface area contributed by atoms with E-state index < -0.39 is 0 Å². The van der Waals surface area contributed by atoms with Crippen LogP contribution in [0.2, 0.25) is 0 Å². The summed E-state index contributed by atoms with van der Waals surface area (Å²) in [5.74, 6) is 0.678. The monoisotopic (exact) mass is 241 g/mol. The Bertz CT molecular complexity index is 235. The molecule has 0 bridgehead atoms. The van der Waals surface area contributed by atoms with Gasteiger partial charge >= 0.3 is 6.03 Å². The lowest BCUT2D eigenvalue weighted by atomic mass is 10.0. The van der Waals surface area contributed by atoms with Gasteiger partial charge in [0.25, 0.3) is 0 Å². The predicted molar refractivity (Wildman–Crippen MR) is 71.1 cm³/mol. The minimum atomic E-state index is 0.0120. The number of likely N-dealkylation sites (tertiary alicyclic amines) is 1. The first-order chi connectivity index (χ1) is 8.00. The molecule has 17 heavy (non-hydrogen) atoms. The Morgan fingerprint density at radius 3 is 2.35 bits per heavy atom. The molecule has 1 heterocycles. The molecule has 1 aliphatic rings. The highest BCUT2D eigenvalue weighted by molar-refractivity contribution is 5.73. The van der Waals surface area contributed by atoms with Crippen LogP contribution in [0.1, 0.15) is 33.1 Å². The second kappa shape index (κ2) is 6.84. The van der Waals surface area contributed by atoms with Crippen LogP contribution < -0.4 is 5.32 Å². The van der Waals surface area contributed by atoms with Crippen LogP contribution in [0.5, 0.6) is 0 Å². The van der Waals surface area contributed by atoms with Crippen molar-refractivity contribution >= 4 is 6.03 Å². The molecule has 1 atom stereocenters. The van der Waals surface area contributed by atoms with Crippen LogP contribution >= 0.6 is 0 Å². The van der Waals surface area contributed by atoms with E-state index in [-0.39, 0.29) is 6.03 Å². The van der Waals surface area contributed by atoms with Crippen LogP contribution in [0.25, 0.3) is 0 Å². The Kier molecular flexibility index (Phi) is 5.75. The third-order valence-corrected chi connectivity index (χ3v) is 3.30. The zero-order valence-corrected chi connectivity index (χ0v) is 11.7. The summed E-state index contributed by atoms with van der Waals surface area (Å²) in [6, 6.07) is 0.513. The predicted octanol–water partition coefficient (Wildman–Crippen LogP) is 1.77. The van der Waals surface area contributed by atoms with E-state index in [0.29, 0.717) is 12.0 Å². The van der Waals surface area contributed by atoms with E-state index >= 15 is 0 Å². The maximum Gasteiger partial charge on any atom is 0.316 e. The first kappa shape index (κ1) is 14.3. The Morgan fingerprint density at radius 1 is 1.29 bits per heavy atom. The van der Waals surface area contributed by atoms with E-state index in [2.05, 4.69) is 24.1 Å². The average Bonchev–Trinajstić information content (AvgIpc) is 2.76. The van der Waals surface area contributed by atoms with Gasteiger partial charge in [0.2, 0.25) is 0 Å². The van der Waals surface area contributed by atoms with Crippen molar-refractivity contribution in [2.75, 3.05) is 33.7 Å². The fourth-order valence-electron chi connectivity index (χ4n) is 2.38. The van der Waals surface area contributed by atoms with Crippen molar-refractivity contribution in [1.82, 2.24) is 15.1 Å². The van der Waals surface area contributed by atoms with Crippen LogP contribution in [0.15, 0.2) is 0 Å². The highest BCUT2D eigenvalue weighted by Gasteiger charge is 2.23. The average molecular weight is 241 g/mol. The normalized spacial score (nSPS) is 18.4. The SMILES string of the molecule is CC(C)CC(CNC(=O)N(C)C)N1CCCC1. The molecule has 0 saturated carbocycles. The second-order valence-electron chi connectivity index (χ2n) is 5.61. The fraction of sp³-hybridized carbons (Fsp3) is 0.923. The number of hydrogen-bond donors (Lipinski definition) is 1. The van der Waals surface area contributed by atoms with Crippen molar-refractivity contribution in [1.29, 1.82) is 0 Å². The maximum absolute atomic E-state index is 11.5. The number of amides is 2. The van der Waals surface area contributed by atoms with Gasteiger partial charge in [-0.25, -0.2) is 4.79 Å². The fourth-order valence-corrected chi connectivity index (χ4v) is 2.38. The highest BCUT2D eigenvalue weighted by Crippen LogP contribution is 2.17. The third kappa shape index (κ3) is 4.94. The lowest BCUT2D eigenvalue weighted by Crippen LogP contribution is -2.45. The van der Waals surface area contributed by atoms with E-state index in [0.717, 1.165) is 13.0 Å². The van der Waals surface area contributed by atoms with Crippen LogP contribution in [-0.4, -0.2) is 55.6 Å². The largest absolute Gasteiger partial charge is 0.336 e. The Balaban J connectivity index is 2.42. The van der Waals surface area contributed by atoms with Crippen molar-refractivity contribution in [3.63, 3.8) is 0 Å². The van der Waals surface area contributed by atoms with Gasteiger partial charge < -0.3 is 10.2 Å². The van der Waals surface area contributed by atoms with Gasteiger partial charge in [0.15, 0.2) is 0 Å². The lowest BCUT2D eigenvalue weighted by molar-refractivity contribution is 0.191. The van der Waals surface area contributed by atoms with Crippen LogP contribution in [0.3, 0.4) is 0 Å². The van der Waals surface area contributed by atoms with Crippen molar-refractivity contribution in [2.45, 2.75) is 39.2 Å². The summed E-state index contributed by atoms with van der Waals surface area (Å²) in [5.41, 5.74) is 0. The van der Waals surface area contributed by atoms with Gasteiger partial charge in [0, 0.05) is 26.7 Å². The molecular weight excluding hydrogens is 214 g/mol. The summed E-state index contributed by atoms with van der Waals surface area (Å²) in [4.78, 5) is 15.7. The zero-order chi connectivity index (χ0) is 12.8. The number of carbonyl (C=O) groups excluding carboxylic acids is 1. The molecule has 0 aromatic heterocycles. The highest BCUT2D eigenvalue weighted by atomic mass is 16.2. The topological polar surface area (TPSA) is 35.6 Å². The van der Waals surface area contributed by atoms with Crippen molar-refractivity contribution in [2.24, 2.45) is 5.92 Å². The number of rotatable bonds is 5. The van der Waals surface area contributed by atoms with E-state index in [1.54, 1.807) is 19.0 Å². The van der Waals surface area contributed by atoms with Crippen molar-refractivity contribution in [3.8, 4) is 0 Å². The molecule has 100 valence electrons. The molecule has 1 unspecified atom stereocenters. The van der Waals surface area contributed by atoms with Gasteiger partial charge in [0.1, 0.15) is 0 Å². The van der Waals surface area contributed by atoms with Gasteiger partial charge in [-0.15, -0.1) is 0 Å². The van der Waals surface area contributed by atoms with Crippen molar-refractivity contribution < 1.29 is 4.79 Å². The van der Waals surface area contributed by atoms with Gasteiger partial charge in [-0.1, -0.05) is 13.8 Å². The molecule has 1 N–H and O–H groups in total. The minimum Gasteiger partial charge on any atom is -0.336 e. The van der Waals surface area contributed by atoms with Crippen LogP contribution in [0, 0.1) is 5.92 Å². The van der Waals surface area contributed by atoms with Crippen LogP contribution in [-0.2, 0) is 0 Å². The summed E-state index contributed by atoms with van der Waals surface area (Å²) in [7, 11) is 3.56. The molecule has 1 aliphatic heterocycles. The van der Waals surface area contributed by atoms with E-state index in [9.17, 15) is 4.79 Å². The first-order valence-electron chi connectivity index (χ1n) is 6.70. The summed E-state index contributed by atoms with van der Waals surface area (Å²) < 4.78 is 0. The number of nitrogens with zero attached hydrogens (tertiary/aromatic N) is 2. The van der Waals surface area contributed by atoms with E-state index in [1.165, 1.54) is 25.9 Å². The zero-order valence-electron chi connectivity index (χ0n) is 11.7. The number of nitrogens with one attached hydrogen (secondary N) is 1. The molecule has 0 spiro atoms. The standard InChI is InChI=1S/C13H27N3O/c1-11(2)9-12(16-7-5-6-8-16)10-14-13(17)15(3)4/h11-12H,5-10H2,1-4H3,(H,14,17). The molecule has 2 amide bonds. The van der Waals surface area contributed by atoms with Crippen molar-refractivity contribution in [3.05, 3.63) is 0 Å². The summed E-state index contributed by atoms with van der Waals surface area (Å²) in [6.45, 7) is 7.65.